The fourth-order valence-corrected chi connectivity index (χ4v) is 1.25. The van der Waals surface area contributed by atoms with Crippen LogP contribution in [0.5, 0.6) is 0 Å². The van der Waals surface area contributed by atoms with Crippen LogP contribution in [0.25, 0.3) is 0 Å². The molecule has 0 spiro atoms. The van der Waals surface area contributed by atoms with Crippen molar-refractivity contribution in [3.05, 3.63) is 0 Å². The number of hydrogen-bond acceptors (Lipinski definition) is 0. The molecule has 0 bridgehead atoms. The van der Waals surface area contributed by atoms with Crippen molar-refractivity contribution in [1.29, 1.82) is 0 Å². The van der Waals surface area contributed by atoms with Gasteiger partial charge in [0.05, 0.1) is 5.38 Å². The van der Waals surface area contributed by atoms with E-state index in [9.17, 15) is 8.78 Å². The van der Waals surface area contributed by atoms with Crippen LogP contribution in [0.4, 0.5) is 8.78 Å². The summed E-state index contributed by atoms with van der Waals surface area (Å²) in [6.45, 7) is 0. The molecule has 0 radical (unpaired) electrons. The van der Waals surface area contributed by atoms with Crippen LogP contribution in [0.15, 0.2) is 0 Å². The van der Waals surface area contributed by atoms with Crippen molar-refractivity contribution < 1.29 is 8.78 Å². The van der Waals surface area contributed by atoms with Gasteiger partial charge in [0.25, 0.3) is 5.92 Å². The normalized spacial score (nSPS) is 37.7. The van der Waals surface area contributed by atoms with Crippen molar-refractivity contribution in [3.8, 4) is 0 Å². The summed E-state index contributed by atoms with van der Waals surface area (Å²) in [4.78, 5) is 0. The molecule has 1 fully saturated rings. The summed E-state index contributed by atoms with van der Waals surface area (Å²) in [5, 5.41) is -0.823. The summed E-state index contributed by atoms with van der Waals surface area (Å²) in [5.41, 5.74) is 0. The molecule has 0 aromatic heterocycles. The van der Waals surface area contributed by atoms with Crippen molar-refractivity contribution >= 4 is 34.8 Å². The molecule has 1 unspecified atom stereocenters. The standard InChI is InChI=1S/C4H3Cl3F2/c5-2-1-3(8,9)4(2,6)7/h2H,1H2. The van der Waals surface area contributed by atoms with Crippen molar-refractivity contribution in [2.75, 3.05) is 0 Å². The summed E-state index contributed by atoms with van der Waals surface area (Å²) in [6.07, 6.45) is -0.429. The van der Waals surface area contributed by atoms with Crippen LogP contribution in [-0.4, -0.2) is 15.6 Å². The van der Waals surface area contributed by atoms with Gasteiger partial charge in [-0.1, -0.05) is 23.2 Å². The summed E-state index contributed by atoms with van der Waals surface area (Å²) in [5.74, 6) is -3.01. The first-order valence-corrected chi connectivity index (χ1v) is 3.47. The van der Waals surface area contributed by atoms with Crippen LogP contribution < -0.4 is 0 Å². The van der Waals surface area contributed by atoms with Gasteiger partial charge < -0.3 is 0 Å². The maximum Gasteiger partial charge on any atom is 0.283 e. The van der Waals surface area contributed by atoms with Gasteiger partial charge in [-0.3, -0.25) is 0 Å². The summed E-state index contributed by atoms with van der Waals surface area (Å²) in [7, 11) is 0. The highest BCUT2D eigenvalue weighted by Gasteiger charge is 2.66. The zero-order chi connectivity index (χ0) is 7.28. The Kier molecular flexibility index (Phi) is 1.62. The second-order valence-corrected chi connectivity index (χ2v) is 3.91. The monoisotopic (exact) mass is 194 g/mol. The maximum absolute atomic E-state index is 12.2. The lowest BCUT2D eigenvalue weighted by atomic mass is 9.92. The molecule has 1 aliphatic carbocycles. The molecule has 1 saturated carbocycles. The van der Waals surface area contributed by atoms with Gasteiger partial charge in [0.1, 0.15) is 0 Å². The van der Waals surface area contributed by atoms with E-state index in [1.54, 1.807) is 0 Å². The van der Waals surface area contributed by atoms with Gasteiger partial charge in [-0.2, -0.15) is 0 Å². The molecular weight excluding hydrogens is 192 g/mol. The van der Waals surface area contributed by atoms with Crippen LogP contribution in [0.2, 0.25) is 0 Å². The van der Waals surface area contributed by atoms with E-state index in [0.29, 0.717) is 0 Å². The third kappa shape index (κ3) is 0.920. The van der Waals surface area contributed by atoms with E-state index < -0.39 is 22.1 Å². The molecule has 0 aromatic carbocycles. The first-order valence-electron chi connectivity index (χ1n) is 2.27. The van der Waals surface area contributed by atoms with E-state index in [-0.39, 0.29) is 0 Å². The molecule has 9 heavy (non-hydrogen) atoms. The zero-order valence-electron chi connectivity index (χ0n) is 4.17. The third-order valence-electron chi connectivity index (χ3n) is 1.32. The topological polar surface area (TPSA) is 0 Å². The Morgan fingerprint density at radius 1 is 1.33 bits per heavy atom. The average Bonchev–Trinajstić information content (AvgIpc) is 1.65. The average molecular weight is 195 g/mol. The second kappa shape index (κ2) is 1.86. The SMILES string of the molecule is FC1(F)CC(Cl)C1(Cl)Cl. The molecule has 0 nitrogen and oxygen atoms in total. The molecule has 0 N–H and O–H groups in total. The van der Waals surface area contributed by atoms with Crippen LogP contribution in [0, 0.1) is 0 Å². The Bertz CT molecular complexity index is 134. The minimum atomic E-state index is -3.01. The smallest absolute Gasteiger partial charge is 0.203 e. The largest absolute Gasteiger partial charge is 0.283 e. The van der Waals surface area contributed by atoms with E-state index in [1.807, 2.05) is 0 Å². The van der Waals surface area contributed by atoms with Crippen LogP contribution in [-0.2, 0) is 0 Å². The van der Waals surface area contributed by atoms with Gasteiger partial charge >= 0.3 is 0 Å². The fourth-order valence-electron chi connectivity index (χ4n) is 0.587. The van der Waals surface area contributed by atoms with Gasteiger partial charge in [0.15, 0.2) is 4.33 Å². The van der Waals surface area contributed by atoms with E-state index in [1.165, 1.54) is 0 Å². The first kappa shape index (κ1) is 7.83. The van der Waals surface area contributed by atoms with Crippen LogP contribution in [0.3, 0.4) is 0 Å². The van der Waals surface area contributed by atoms with E-state index in [0.717, 1.165) is 0 Å². The minimum Gasteiger partial charge on any atom is -0.203 e. The van der Waals surface area contributed by atoms with Crippen molar-refractivity contribution in [1.82, 2.24) is 0 Å². The summed E-state index contributed by atoms with van der Waals surface area (Å²) in [6, 6.07) is 0. The summed E-state index contributed by atoms with van der Waals surface area (Å²) >= 11 is 15.5. The van der Waals surface area contributed by atoms with Gasteiger partial charge in [0, 0.05) is 6.42 Å². The van der Waals surface area contributed by atoms with Crippen molar-refractivity contribution in [2.45, 2.75) is 22.1 Å². The lowest BCUT2D eigenvalue weighted by molar-refractivity contribution is -0.0791. The predicted octanol–water partition coefficient (Wildman–Crippen LogP) is 2.81. The molecule has 0 saturated heterocycles. The Labute approximate surface area is 66.1 Å². The number of halogens is 5. The lowest BCUT2D eigenvalue weighted by Crippen LogP contribution is -2.58. The van der Waals surface area contributed by atoms with Crippen LogP contribution >= 0.6 is 34.8 Å². The van der Waals surface area contributed by atoms with E-state index >= 15 is 0 Å². The molecule has 0 heterocycles. The van der Waals surface area contributed by atoms with E-state index in [2.05, 4.69) is 0 Å². The molecule has 1 aliphatic rings. The van der Waals surface area contributed by atoms with Gasteiger partial charge in [-0.05, 0) is 0 Å². The summed E-state index contributed by atoms with van der Waals surface area (Å²) < 4.78 is 22.4. The van der Waals surface area contributed by atoms with Crippen molar-refractivity contribution in [3.63, 3.8) is 0 Å². The van der Waals surface area contributed by atoms with E-state index in [4.69, 9.17) is 34.8 Å². The lowest BCUT2D eigenvalue weighted by Gasteiger charge is -2.43. The Balaban J connectivity index is 2.70. The Morgan fingerprint density at radius 3 is 1.78 bits per heavy atom. The molecule has 54 valence electrons. The fraction of sp³-hybridized carbons (Fsp3) is 1.00. The molecule has 0 aliphatic heterocycles. The Morgan fingerprint density at radius 2 is 1.78 bits per heavy atom. The molecule has 1 atom stereocenters. The predicted molar refractivity (Wildman–Crippen MR) is 33.6 cm³/mol. The third-order valence-corrected chi connectivity index (χ3v) is 3.10. The molecule has 1 rings (SSSR count). The van der Waals surface area contributed by atoms with Gasteiger partial charge in [0.2, 0.25) is 0 Å². The number of hydrogen-bond donors (Lipinski definition) is 0. The molecule has 0 amide bonds. The Hall–Kier alpha value is 0.730. The highest BCUT2D eigenvalue weighted by molar-refractivity contribution is 6.54. The van der Waals surface area contributed by atoms with Gasteiger partial charge in [-0.25, -0.2) is 8.78 Å². The molecular formula is C4H3Cl3F2. The van der Waals surface area contributed by atoms with Crippen LogP contribution in [0.1, 0.15) is 6.42 Å². The first-order chi connectivity index (χ1) is 3.88. The molecule has 5 heteroatoms. The number of alkyl halides is 5. The van der Waals surface area contributed by atoms with Crippen molar-refractivity contribution in [2.24, 2.45) is 0 Å². The highest BCUT2D eigenvalue weighted by atomic mass is 35.5. The quantitative estimate of drug-likeness (QED) is 0.522. The second-order valence-electron chi connectivity index (χ2n) is 2.00. The molecule has 0 aromatic rings. The minimum absolute atomic E-state index is 0.429. The maximum atomic E-state index is 12.2. The number of rotatable bonds is 0. The highest BCUT2D eigenvalue weighted by Crippen LogP contribution is 2.56. The zero-order valence-corrected chi connectivity index (χ0v) is 6.44. The van der Waals surface area contributed by atoms with Gasteiger partial charge in [-0.15, -0.1) is 11.6 Å².